The first-order valence-electron chi connectivity index (χ1n) is 7.63. The lowest BCUT2D eigenvalue weighted by atomic mass is 10.1. The number of hydrogen-bond acceptors (Lipinski definition) is 3. The lowest BCUT2D eigenvalue weighted by Gasteiger charge is -1.99. The Balaban J connectivity index is 0.000000208. The van der Waals surface area contributed by atoms with Crippen molar-refractivity contribution in [3.8, 4) is 0 Å². The molecule has 0 spiro atoms. The zero-order valence-corrected chi connectivity index (χ0v) is 15.2. The van der Waals surface area contributed by atoms with Gasteiger partial charge in [-0.05, 0) is 56.0 Å². The summed E-state index contributed by atoms with van der Waals surface area (Å²) in [5.74, 6) is 0. The maximum atomic E-state index is 4.20. The normalized spacial score (nSPS) is 9.22. The van der Waals surface area contributed by atoms with Crippen LogP contribution in [0.1, 0.15) is 30.5 Å². The Morgan fingerprint density at radius 2 is 1.70 bits per heavy atom. The first-order chi connectivity index (χ1) is 11.1. The van der Waals surface area contributed by atoms with E-state index in [1.54, 1.807) is 17.4 Å². The van der Waals surface area contributed by atoms with Gasteiger partial charge >= 0.3 is 0 Å². The summed E-state index contributed by atoms with van der Waals surface area (Å²) in [6, 6.07) is 12.3. The molecule has 0 aliphatic rings. The molecule has 0 unspecified atom stereocenters. The number of nitrogens with zero attached hydrogens (tertiary/aromatic N) is 2. The molecule has 120 valence electrons. The van der Waals surface area contributed by atoms with Gasteiger partial charge in [-0.15, -0.1) is 11.3 Å². The quantitative estimate of drug-likeness (QED) is 0.487. The lowest BCUT2D eigenvalue weighted by Crippen LogP contribution is -1.76. The van der Waals surface area contributed by atoms with E-state index in [-0.39, 0.29) is 0 Å². The van der Waals surface area contributed by atoms with E-state index < -0.39 is 0 Å². The molecule has 0 saturated carbocycles. The second-order valence-corrected chi connectivity index (χ2v) is 5.63. The summed E-state index contributed by atoms with van der Waals surface area (Å²) in [6.45, 7) is 15.3. The summed E-state index contributed by atoms with van der Waals surface area (Å²) in [5, 5.41) is 0. The Kier molecular flexibility index (Phi) is 7.92. The molecule has 1 aromatic heterocycles. The second kappa shape index (κ2) is 9.70. The van der Waals surface area contributed by atoms with Crippen molar-refractivity contribution in [3.05, 3.63) is 65.2 Å². The Morgan fingerprint density at radius 1 is 1.04 bits per heavy atom. The maximum absolute atomic E-state index is 4.20. The van der Waals surface area contributed by atoms with Crippen LogP contribution in [-0.4, -0.2) is 11.7 Å². The fraction of sp³-hybridized carbons (Fsp3) is 0.200. The fourth-order valence-corrected chi connectivity index (χ4v) is 2.61. The van der Waals surface area contributed by atoms with E-state index in [1.165, 1.54) is 15.8 Å². The minimum atomic E-state index is 0.894. The highest BCUT2D eigenvalue weighted by molar-refractivity contribution is 7.16. The van der Waals surface area contributed by atoms with E-state index in [0.29, 0.717) is 0 Å². The van der Waals surface area contributed by atoms with Gasteiger partial charge in [0, 0.05) is 0 Å². The van der Waals surface area contributed by atoms with Crippen molar-refractivity contribution in [2.24, 2.45) is 4.99 Å². The predicted octanol–water partition coefficient (Wildman–Crippen LogP) is 6.60. The number of aryl methyl sites for hydroxylation is 2. The van der Waals surface area contributed by atoms with Crippen LogP contribution in [0.4, 0.5) is 5.69 Å². The Morgan fingerprint density at radius 3 is 2.35 bits per heavy atom. The van der Waals surface area contributed by atoms with Crippen LogP contribution in [0.5, 0.6) is 0 Å². The van der Waals surface area contributed by atoms with E-state index in [0.717, 1.165) is 16.8 Å². The van der Waals surface area contributed by atoms with Crippen LogP contribution >= 0.6 is 11.3 Å². The summed E-state index contributed by atoms with van der Waals surface area (Å²) in [7, 11) is 0. The molecule has 2 aromatic carbocycles. The molecule has 0 N–H and O–H groups in total. The maximum Gasteiger partial charge on any atom is 0.0814 e. The van der Waals surface area contributed by atoms with Crippen molar-refractivity contribution in [1.82, 2.24) is 4.98 Å². The van der Waals surface area contributed by atoms with E-state index in [9.17, 15) is 0 Å². The zero-order valence-electron chi connectivity index (χ0n) is 14.3. The molecule has 3 rings (SSSR count). The van der Waals surface area contributed by atoms with Crippen molar-refractivity contribution >= 4 is 40.0 Å². The first kappa shape index (κ1) is 18.8. The number of hydrogen-bond donors (Lipinski definition) is 0. The third-order valence-corrected chi connectivity index (χ3v) is 3.87. The summed E-state index contributed by atoms with van der Waals surface area (Å²) in [4.78, 5) is 8.06. The minimum Gasteiger partial charge on any atom is -0.264 e. The van der Waals surface area contributed by atoms with Crippen molar-refractivity contribution < 1.29 is 0 Å². The molecule has 2 nitrogen and oxygen atoms in total. The van der Waals surface area contributed by atoms with Gasteiger partial charge in [0.05, 0.1) is 21.4 Å². The zero-order chi connectivity index (χ0) is 17.2. The van der Waals surface area contributed by atoms with Gasteiger partial charge < -0.3 is 0 Å². The molecule has 0 bridgehead atoms. The molecule has 3 heteroatoms. The standard InChI is InChI=1S/C10H11N.C8H7NS.C2H6/c1-4-9-7-8(2)5-6-10(9)11-3;1-6-2-3-8-7(4-6)9-5-10-8;1-2/h4-7H,1,3H2,2H3;2-5H,1H3;1-2H3. The highest BCUT2D eigenvalue weighted by Crippen LogP contribution is 2.20. The second-order valence-electron chi connectivity index (χ2n) is 4.75. The minimum absolute atomic E-state index is 0.894. The monoisotopic (exact) mass is 324 g/mol. The molecular formula is C20H24N2S. The summed E-state index contributed by atoms with van der Waals surface area (Å²) in [6.07, 6.45) is 1.79. The Bertz CT molecular complexity index is 772. The largest absolute Gasteiger partial charge is 0.264 e. The number of benzene rings is 2. The SMILES string of the molecule is C=Cc1cc(C)ccc1N=C.CC.Cc1ccc2scnc2c1. The van der Waals surface area contributed by atoms with Crippen LogP contribution in [0.3, 0.4) is 0 Å². The molecule has 0 saturated heterocycles. The van der Waals surface area contributed by atoms with Gasteiger partial charge in [0.1, 0.15) is 0 Å². The van der Waals surface area contributed by atoms with Crippen LogP contribution in [0.15, 0.2) is 53.5 Å². The highest BCUT2D eigenvalue weighted by Gasteiger charge is 1.95. The average molecular weight is 324 g/mol. The number of aromatic nitrogens is 1. The molecule has 0 fully saturated rings. The molecule has 0 radical (unpaired) electrons. The van der Waals surface area contributed by atoms with Gasteiger partial charge in [0.15, 0.2) is 0 Å². The van der Waals surface area contributed by atoms with Crippen molar-refractivity contribution in [2.75, 3.05) is 0 Å². The van der Waals surface area contributed by atoms with Crippen molar-refractivity contribution in [2.45, 2.75) is 27.7 Å². The number of thiazole rings is 1. The average Bonchev–Trinajstić information content (AvgIpc) is 3.04. The van der Waals surface area contributed by atoms with Gasteiger partial charge in [-0.1, -0.05) is 44.2 Å². The summed E-state index contributed by atoms with van der Waals surface area (Å²) >= 11 is 1.68. The van der Waals surface area contributed by atoms with E-state index >= 15 is 0 Å². The van der Waals surface area contributed by atoms with Gasteiger partial charge in [0.2, 0.25) is 0 Å². The van der Waals surface area contributed by atoms with Crippen LogP contribution in [0.2, 0.25) is 0 Å². The molecule has 23 heavy (non-hydrogen) atoms. The van der Waals surface area contributed by atoms with E-state index in [2.05, 4.69) is 48.4 Å². The van der Waals surface area contributed by atoms with Crippen molar-refractivity contribution in [1.29, 1.82) is 0 Å². The van der Waals surface area contributed by atoms with Crippen LogP contribution in [0, 0.1) is 13.8 Å². The Labute approximate surface area is 143 Å². The van der Waals surface area contributed by atoms with Crippen LogP contribution in [-0.2, 0) is 0 Å². The summed E-state index contributed by atoms with van der Waals surface area (Å²) in [5.41, 5.74) is 7.42. The first-order valence-corrected chi connectivity index (χ1v) is 8.51. The van der Waals surface area contributed by atoms with Gasteiger partial charge in [-0.3, -0.25) is 4.99 Å². The summed E-state index contributed by atoms with van der Waals surface area (Å²) < 4.78 is 1.27. The van der Waals surface area contributed by atoms with Gasteiger partial charge in [-0.2, -0.15) is 0 Å². The van der Waals surface area contributed by atoms with E-state index in [1.807, 2.05) is 44.5 Å². The number of aliphatic imine (C=N–C) groups is 1. The molecule has 0 aliphatic carbocycles. The smallest absolute Gasteiger partial charge is 0.0814 e. The molecular weight excluding hydrogens is 300 g/mol. The third kappa shape index (κ3) is 5.46. The predicted molar refractivity (Wildman–Crippen MR) is 106 cm³/mol. The molecule has 3 aromatic rings. The third-order valence-electron chi connectivity index (χ3n) is 3.06. The van der Waals surface area contributed by atoms with Gasteiger partial charge in [-0.25, -0.2) is 4.98 Å². The fourth-order valence-electron chi connectivity index (χ4n) is 1.95. The van der Waals surface area contributed by atoms with Crippen LogP contribution < -0.4 is 0 Å². The van der Waals surface area contributed by atoms with E-state index in [4.69, 9.17) is 0 Å². The lowest BCUT2D eigenvalue weighted by molar-refractivity contribution is 1.43. The Hall–Kier alpha value is -2.26. The molecule has 0 amide bonds. The topological polar surface area (TPSA) is 25.2 Å². The van der Waals surface area contributed by atoms with Gasteiger partial charge in [0.25, 0.3) is 0 Å². The van der Waals surface area contributed by atoms with Crippen LogP contribution in [0.25, 0.3) is 16.3 Å². The highest BCUT2D eigenvalue weighted by atomic mass is 32.1. The molecule has 0 aliphatic heterocycles. The molecule has 0 atom stereocenters. The number of fused-ring (bicyclic) bond motifs is 1. The van der Waals surface area contributed by atoms with Crippen molar-refractivity contribution in [3.63, 3.8) is 0 Å². The molecule has 1 heterocycles. The number of rotatable bonds is 2.